The van der Waals surface area contributed by atoms with Crippen LogP contribution in [0.1, 0.15) is 66.0 Å². The number of hydrogen-bond donors (Lipinski definition) is 2. The topological polar surface area (TPSA) is 188 Å². The standard InChI is InChI=1S/C20H21N3O4.C18H17N3O4.CH4.I2/c1-26-17-12-15(9-8-14-6-4-3-5-7-14)23-20(21-13-22-23)19(17)16(24)10-11-18(25)27-2;22-14(8-9-16(24)25)17-15(23)10-13(21-18(17)19-11-20-21)7-6-12-4-2-1-3-5-12;;1-2/h3-7,12-13H,8-11H2,1-2H3;1-5,10-11,22H,6-9H2,(H,24,25);1H4;. The number of esters is 1. The number of aliphatic hydroxyl groups excluding tert-OH is 1. The predicted molar refractivity (Wildman–Crippen MR) is 225 cm³/mol. The van der Waals surface area contributed by atoms with Crippen LogP contribution in [0.2, 0.25) is 0 Å². The normalized spacial score (nSPS) is 11.0. The zero-order chi connectivity index (χ0) is 39.0. The van der Waals surface area contributed by atoms with Gasteiger partial charge in [-0.3, -0.25) is 19.2 Å². The molecule has 0 atom stereocenters. The SMILES string of the molecule is C.COC(=O)CCC(=O)c1c(OC)cc(CCc2ccccc2)n2ncnc12.II.O=C(O)CCC(O)=c1c(=O)cc(CCc2ccccc2)n2ncnc12. The molecule has 0 radical (unpaired) electrons. The van der Waals surface area contributed by atoms with E-state index >= 15 is 0 Å². The number of carbonyl (C=O) groups excluding carboxylic acids is 2. The van der Waals surface area contributed by atoms with Crippen molar-refractivity contribution in [2.75, 3.05) is 14.2 Å². The average molecular weight is 977 g/mol. The number of halogens is 2. The number of Topliss-reactive ketones (excluding diaryl/α,β-unsaturated/α-hetero) is 1. The van der Waals surface area contributed by atoms with Gasteiger partial charge in [0.2, 0.25) is 0 Å². The molecular weight excluding hydrogens is 934 g/mol. The van der Waals surface area contributed by atoms with Crippen LogP contribution in [0.25, 0.3) is 17.1 Å². The lowest BCUT2D eigenvalue weighted by Gasteiger charge is -2.12. The highest BCUT2D eigenvalue weighted by Gasteiger charge is 2.22. The van der Waals surface area contributed by atoms with E-state index in [2.05, 4.69) is 74.3 Å². The summed E-state index contributed by atoms with van der Waals surface area (Å²) in [5.74, 6) is -1.55. The molecule has 0 saturated carbocycles. The van der Waals surface area contributed by atoms with E-state index in [9.17, 15) is 24.3 Å². The van der Waals surface area contributed by atoms with Crippen LogP contribution in [0.3, 0.4) is 0 Å². The number of aromatic nitrogens is 6. The van der Waals surface area contributed by atoms with Gasteiger partial charge in [-0.05, 0) is 36.8 Å². The number of nitrogens with zero attached hydrogens (tertiary/aromatic N) is 6. The van der Waals surface area contributed by atoms with Crippen molar-refractivity contribution >= 4 is 72.0 Å². The second-order valence-corrected chi connectivity index (χ2v) is 11.8. The number of carboxylic acids is 1. The fourth-order valence-corrected chi connectivity index (χ4v) is 5.71. The van der Waals surface area contributed by atoms with Gasteiger partial charge in [-0.2, -0.15) is 10.2 Å². The summed E-state index contributed by atoms with van der Waals surface area (Å²) in [6.45, 7) is 0. The first kappa shape index (κ1) is 44.4. The summed E-state index contributed by atoms with van der Waals surface area (Å²) >= 11 is 4.24. The van der Waals surface area contributed by atoms with Crippen molar-refractivity contribution < 1.29 is 34.1 Å². The molecule has 0 amide bonds. The van der Waals surface area contributed by atoms with Gasteiger partial charge in [0.1, 0.15) is 34.9 Å². The first-order valence-corrected chi connectivity index (χ1v) is 23.0. The largest absolute Gasteiger partial charge is 0.511 e. The zero-order valence-electron chi connectivity index (χ0n) is 29.5. The molecule has 0 fully saturated rings. The van der Waals surface area contributed by atoms with Gasteiger partial charge in [-0.15, -0.1) is 0 Å². The molecule has 0 bridgehead atoms. The van der Waals surface area contributed by atoms with E-state index in [4.69, 9.17) is 9.84 Å². The lowest BCUT2D eigenvalue weighted by atomic mass is 10.0. The number of ketones is 1. The summed E-state index contributed by atoms with van der Waals surface area (Å²) < 4.78 is 13.2. The number of pyridine rings is 2. The number of rotatable bonds is 14. The van der Waals surface area contributed by atoms with E-state index in [1.165, 1.54) is 43.0 Å². The fourth-order valence-electron chi connectivity index (χ4n) is 5.71. The number of carboxylic acid groups (broad SMARTS) is 1. The van der Waals surface area contributed by atoms with Crippen LogP contribution in [0, 0.1) is 0 Å². The lowest BCUT2D eigenvalue weighted by Crippen LogP contribution is -2.31. The minimum atomic E-state index is -1.05. The van der Waals surface area contributed by atoms with Crippen LogP contribution in [0.5, 0.6) is 5.75 Å². The minimum Gasteiger partial charge on any atom is -0.511 e. The Kier molecular flexibility index (Phi) is 18.1. The van der Waals surface area contributed by atoms with Gasteiger partial charge in [0.15, 0.2) is 22.5 Å². The molecule has 4 heterocycles. The smallest absolute Gasteiger partial charge is 0.305 e. The molecular formula is C39H42I2N6O8. The number of fused-ring (bicyclic) bond motifs is 2. The maximum Gasteiger partial charge on any atom is 0.305 e. The van der Waals surface area contributed by atoms with Gasteiger partial charge in [0.25, 0.3) is 0 Å². The third kappa shape index (κ3) is 12.0. The molecule has 4 aromatic heterocycles. The highest BCUT2D eigenvalue weighted by molar-refractivity contribution is 15.0. The van der Waals surface area contributed by atoms with Crippen molar-refractivity contribution in [3.8, 4) is 5.75 Å². The first-order chi connectivity index (χ1) is 26.2. The molecule has 16 heteroatoms. The Morgan fingerprint density at radius 1 is 0.709 bits per heavy atom. The van der Waals surface area contributed by atoms with Crippen LogP contribution < -0.4 is 15.4 Å². The molecule has 2 aromatic carbocycles. The average Bonchev–Trinajstić information content (AvgIpc) is 3.90. The third-order valence-corrected chi connectivity index (χ3v) is 8.35. The van der Waals surface area contributed by atoms with Crippen molar-refractivity contribution in [1.29, 1.82) is 0 Å². The van der Waals surface area contributed by atoms with Crippen LogP contribution >= 0.6 is 37.2 Å². The lowest BCUT2D eigenvalue weighted by molar-refractivity contribution is -0.140. The predicted octanol–water partition coefficient (Wildman–Crippen LogP) is 6.19. The van der Waals surface area contributed by atoms with Crippen LogP contribution in [-0.4, -0.2) is 71.4 Å². The van der Waals surface area contributed by atoms with Gasteiger partial charge in [-0.25, -0.2) is 19.0 Å². The van der Waals surface area contributed by atoms with Crippen molar-refractivity contribution in [2.45, 2.75) is 58.8 Å². The molecule has 6 rings (SSSR count). The van der Waals surface area contributed by atoms with E-state index in [1.807, 2.05) is 54.6 Å². The van der Waals surface area contributed by atoms with E-state index in [0.717, 1.165) is 30.5 Å². The van der Waals surface area contributed by atoms with Gasteiger partial charge < -0.3 is 19.7 Å². The third-order valence-electron chi connectivity index (χ3n) is 8.35. The molecule has 0 saturated heterocycles. The Morgan fingerprint density at radius 2 is 1.24 bits per heavy atom. The van der Waals surface area contributed by atoms with Gasteiger partial charge in [0.05, 0.1) is 27.1 Å². The number of aryl methyl sites for hydroxylation is 4. The summed E-state index contributed by atoms with van der Waals surface area (Å²) in [5.41, 5.74) is 4.58. The highest BCUT2D eigenvalue weighted by atomic mass is 128. The van der Waals surface area contributed by atoms with Crippen LogP contribution in [-0.2, 0) is 40.0 Å². The number of benzene rings is 2. The molecule has 2 N–H and O–H groups in total. The molecule has 0 aliphatic heterocycles. The minimum absolute atomic E-state index is 0. The zero-order valence-corrected chi connectivity index (χ0v) is 33.8. The highest BCUT2D eigenvalue weighted by Crippen LogP contribution is 2.27. The van der Waals surface area contributed by atoms with E-state index < -0.39 is 11.9 Å². The second kappa shape index (κ2) is 22.4. The Hall–Kier alpha value is -4.98. The molecule has 0 unspecified atom stereocenters. The number of carbonyl (C=O) groups is 3. The molecule has 14 nitrogen and oxygen atoms in total. The van der Waals surface area contributed by atoms with E-state index in [-0.39, 0.29) is 60.9 Å². The second-order valence-electron chi connectivity index (χ2n) is 11.8. The molecule has 0 aliphatic rings. The number of aliphatic hydroxyl groups is 1. The molecule has 6 aromatic rings. The van der Waals surface area contributed by atoms with Gasteiger partial charge >= 0.3 is 11.9 Å². The Morgan fingerprint density at radius 3 is 1.76 bits per heavy atom. The maximum atomic E-state index is 12.7. The maximum absolute atomic E-state index is 12.7. The Bertz CT molecular complexity index is 2300. The molecule has 0 aliphatic carbocycles. The van der Waals surface area contributed by atoms with Crippen molar-refractivity contribution in [2.24, 2.45) is 0 Å². The Labute approximate surface area is 340 Å². The summed E-state index contributed by atoms with van der Waals surface area (Å²) in [6, 6.07) is 23.3. The summed E-state index contributed by atoms with van der Waals surface area (Å²) in [5, 5.41) is 27.3. The van der Waals surface area contributed by atoms with Crippen molar-refractivity contribution in [1.82, 2.24) is 29.2 Å². The summed E-state index contributed by atoms with van der Waals surface area (Å²) in [4.78, 5) is 55.5. The van der Waals surface area contributed by atoms with Crippen LogP contribution in [0.15, 0.2) is 90.2 Å². The van der Waals surface area contributed by atoms with Crippen LogP contribution in [0.4, 0.5) is 0 Å². The monoisotopic (exact) mass is 976 g/mol. The van der Waals surface area contributed by atoms with Gasteiger partial charge in [-0.1, -0.05) is 68.1 Å². The van der Waals surface area contributed by atoms with Crippen molar-refractivity contribution in [3.05, 3.63) is 129 Å². The van der Waals surface area contributed by atoms with E-state index in [0.29, 0.717) is 29.1 Å². The number of methoxy groups -OCH3 is 2. The fraction of sp³-hybridized carbons (Fsp3) is 0.282. The molecule has 290 valence electrons. The molecule has 55 heavy (non-hydrogen) atoms. The molecule has 0 spiro atoms. The number of ether oxygens (including phenoxy) is 2. The number of hydrogen-bond acceptors (Lipinski definition) is 11. The Balaban J connectivity index is 0.000000279. The van der Waals surface area contributed by atoms with Crippen molar-refractivity contribution in [3.63, 3.8) is 0 Å². The summed E-state index contributed by atoms with van der Waals surface area (Å²) in [6.07, 6.45) is 5.25. The van der Waals surface area contributed by atoms with E-state index in [1.54, 1.807) is 4.52 Å². The first-order valence-electron chi connectivity index (χ1n) is 16.7. The van der Waals surface area contributed by atoms with Gasteiger partial charge in [0, 0.05) is 73.6 Å². The quantitative estimate of drug-likeness (QED) is 0.0717. The summed E-state index contributed by atoms with van der Waals surface area (Å²) in [7, 11) is 2.81. The number of aliphatic carboxylic acids is 1.